The standard InChI is InChI=1S/C12H21N3O3/c1-7(2)9(10(16)17)13-6-8-14-11(18-15-8)12(3,4)5/h7,9,13H,6H2,1-5H3,(H,16,17). The number of aromatic nitrogens is 2. The Kier molecular flexibility index (Phi) is 4.45. The van der Waals surface area contributed by atoms with E-state index in [1.807, 2.05) is 34.6 Å². The molecule has 0 spiro atoms. The Morgan fingerprint density at radius 2 is 2.06 bits per heavy atom. The van der Waals surface area contributed by atoms with Gasteiger partial charge in [0.25, 0.3) is 0 Å². The molecule has 0 aliphatic carbocycles. The van der Waals surface area contributed by atoms with Crippen molar-refractivity contribution >= 4 is 5.97 Å². The van der Waals surface area contributed by atoms with E-state index in [9.17, 15) is 4.79 Å². The molecule has 1 atom stereocenters. The van der Waals surface area contributed by atoms with Crippen LogP contribution in [0, 0.1) is 5.92 Å². The molecule has 18 heavy (non-hydrogen) atoms. The Morgan fingerprint density at radius 3 is 2.44 bits per heavy atom. The van der Waals surface area contributed by atoms with Gasteiger partial charge in [0.15, 0.2) is 5.82 Å². The third-order valence-electron chi connectivity index (χ3n) is 2.52. The molecule has 1 aromatic heterocycles. The summed E-state index contributed by atoms with van der Waals surface area (Å²) in [5.74, 6) is 0.156. The molecule has 0 aliphatic rings. The van der Waals surface area contributed by atoms with Crippen LogP contribution in [0.1, 0.15) is 46.3 Å². The number of nitrogens with zero attached hydrogens (tertiary/aromatic N) is 2. The molecule has 0 fully saturated rings. The van der Waals surface area contributed by atoms with Crippen LogP contribution in [-0.4, -0.2) is 27.3 Å². The van der Waals surface area contributed by atoms with E-state index in [2.05, 4.69) is 15.5 Å². The van der Waals surface area contributed by atoms with E-state index in [-0.39, 0.29) is 17.9 Å². The molecular weight excluding hydrogens is 234 g/mol. The summed E-state index contributed by atoms with van der Waals surface area (Å²) in [6.45, 7) is 9.92. The molecule has 1 aromatic rings. The van der Waals surface area contributed by atoms with Gasteiger partial charge in [0.05, 0.1) is 6.54 Å². The van der Waals surface area contributed by atoms with E-state index < -0.39 is 12.0 Å². The minimum absolute atomic E-state index is 0.00325. The Morgan fingerprint density at radius 1 is 1.44 bits per heavy atom. The average molecular weight is 255 g/mol. The molecule has 0 aliphatic heterocycles. The van der Waals surface area contributed by atoms with Gasteiger partial charge >= 0.3 is 5.97 Å². The summed E-state index contributed by atoms with van der Waals surface area (Å²) in [6.07, 6.45) is 0. The monoisotopic (exact) mass is 255 g/mol. The van der Waals surface area contributed by atoms with Crippen LogP contribution in [0.3, 0.4) is 0 Å². The fourth-order valence-corrected chi connectivity index (χ4v) is 1.44. The smallest absolute Gasteiger partial charge is 0.320 e. The molecular formula is C12H21N3O3. The first-order chi connectivity index (χ1) is 8.21. The second-order valence-electron chi connectivity index (χ2n) is 5.71. The van der Waals surface area contributed by atoms with Crippen LogP contribution in [0.2, 0.25) is 0 Å². The summed E-state index contributed by atoms with van der Waals surface area (Å²) in [6, 6.07) is -0.610. The van der Waals surface area contributed by atoms with Gasteiger partial charge in [-0.25, -0.2) is 0 Å². The van der Waals surface area contributed by atoms with Gasteiger partial charge < -0.3 is 9.63 Å². The van der Waals surface area contributed by atoms with E-state index in [4.69, 9.17) is 9.63 Å². The van der Waals surface area contributed by atoms with Crippen LogP contribution in [0.25, 0.3) is 0 Å². The lowest BCUT2D eigenvalue weighted by Gasteiger charge is -2.16. The zero-order valence-electron chi connectivity index (χ0n) is 11.5. The first-order valence-corrected chi connectivity index (χ1v) is 6.01. The number of carbonyl (C=O) groups is 1. The van der Waals surface area contributed by atoms with Crippen molar-refractivity contribution in [3.63, 3.8) is 0 Å². The van der Waals surface area contributed by atoms with Crippen molar-refractivity contribution < 1.29 is 14.4 Å². The van der Waals surface area contributed by atoms with Crippen LogP contribution in [0.5, 0.6) is 0 Å². The van der Waals surface area contributed by atoms with Gasteiger partial charge in [-0.05, 0) is 5.92 Å². The zero-order chi connectivity index (χ0) is 13.9. The second kappa shape index (κ2) is 5.48. The lowest BCUT2D eigenvalue weighted by Crippen LogP contribution is -2.40. The highest BCUT2D eigenvalue weighted by molar-refractivity contribution is 5.73. The minimum Gasteiger partial charge on any atom is -0.480 e. The number of hydrogen-bond acceptors (Lipinski definition) is 5. The van der Waals surface area contributed by atoms with E-state index >= 15 is 0 Å². The summed E-state index contributed by atoms with van der Waals surface area (Å²) in [7, 11) is 0. The van der Waals surface area contributed by atoms with Crippen LogP contribution in [-0.2, 0) is 16.8 Å². The van der Waals surface area contributed by atoms with Crippen molar-refractivity contribution in [3.05, 3.63) is 11.7 Å². The normalized spacial score (nSPS) is 13.9. The van der Waals surface area contributed by atoms with Gasteiger partial charge in [-0.2, -0.15) is 4.98 Å². The van der Waals surface area contributed by atoms with Crippen molar-refractivity contribution in [3.8, 4) is 0 Å². The quantitative estimate of drug-likeness (QED) is 0.830. The molecule has 1 heterocycles. The van der Waals surface area contributed by atoms with Gasteiger partial charge in [0.2, 0.25) is 5.89 Å². The first kappa shape index (κ1) is 14.6. The maximum atomic E-state index is 11.0. The predicted octanol–water partition coefficient (Wildman–Crippen LogP) is 1.57. The van der Waals surface area contributed by atoms with Gasteiger partial charge in [0, 0.05) is 5.41 Å². The SMILES string of the molecule is CC(C)C(NCc1noc(C(C)(C)C)n1)C(=O)O. The Hall–Kier alpha value is -1.43. The van der Waals surface area contributed by atoms with E-state index in [1.165, 1.54) is 0 Å². The maximum Gasteiger partial charge on any atom is 0.320 e. The largest absolute Gasteiger partial charge is 0.480 e. The molecule has 6 nitrogen and oxygen atoms in total. The second-order valence-corrected chi connectivity index (χ2v) is 5.71. The molecule has 0 bridgehead atoms. The molecule has 102 valence electrons. The lowest BCUT2D eigenvalue weighted by molar-refractivity contribution is -0.140. The summed E-state index contributed by atoms with van der Waals surface area (Å²) >= 11 is 0. The van der Waals surface area contributed by atoms with Crippen molar-refractivity contribution in [1.82, 2.24) is 15.5 Å². The van der Waals surface area contributed by atoms with Gasteiger partial charge in [-0.15, -0.1) is 0 Å². The van der Waals surface area contributed by atoms with Crippen LogP contribution in [0.4, 0.5) is 0 Å². The molecule has 1 unspecified atom stereocenters. The number of nitrogens with one attached hydrogen (secondary N) is 1. The van der Waals surface area contributed by atoms with E-state index in [1.54, 1.807) is 0 Å². The minimum atomic E-state index is -0.871. The Balaban J connectivity index is 2.63. The number of carboxylic acids is 1. The van der Waals surface area contributed by atoms with Crippen molar-refractivity contribution in [1.29, 1.82) is 0 Å². The Bertz CT molecular complexity index is 407. The molecule has 0 radical (unpaired) electrons. The molecule has 6 heteroatoms. The molecule has 0 aromatic carbocycles. The summed E-state index contributed by atoms with van der Waals surface area (Å²) < 4.78 is 5.13. The van der Waals surface area contributed by atoms with Crippen LogP contribution < -0.4 is 5.32 Å². The van der Waals surface area contributed by atoms with E-state index in [0.29, 0.717) is 11.7 Å². The van der Waals surface area contributed by atoms with Gasteiger partial charge in [-0.1, -0.05) is 39.8 Å². The summed E-state index contributed by atoms with van der Waals surface area (Å²) in [5, 5.41) is 15.8. The van der Waals surface area contributed by atoms with Crippen molar-refractivity contribution in [2.45, 2.75) is 52.6 Å². The number of hydrogen-bond donors (Lipinski definition) is 2. The molecule has 1 rings (SSSR count). The topological polar surface area (TPSA) is 88.3 Å². The fourth-order valence-electron chi connectivity index (χ4n) is 1.44. The predicted molar refractivity (Wildman–Crippen MR) is 66.1 cm³/mol. The highest BCUT2D eigenvalue weighted by Gasteiger charge is 2.24. The first-order valence-electron chi connectivity index (χ1n) is 6.01. The van der Waals surface area contributed by atoms with Crippen molar-refractivity contribution in [2.24, 2.45) is 5.92 Å². The van der Waals surface area contributed by atoms with Gasteiger partial charge in [-0.3, -0.25) is 10.1 Å². The third kappa shape index (κ3) is 3.80. The highest BCUT2D eigenvalue weighted by Crippen LogP contribution is 2.19. The number of carboxylic acid groups (broad SMARTS) is 1. The maximum absolute atomic E-state index is 11.0. The zero-order valence-corrected chi connectivity index (χ0v) is 11.5. The third-order valence-corrected chi connectivity index (χ3v) is 2.52. The van der Waals surface area contributed by atoms with Crippen LogP contribution >= 0.6 is 0 Å². The summed E-state index contributed by atoms with van der Waals surface area (Å²) in [4.78, 5) is 15.2. The van der Waals surface area contributed by atoms with E-state index in [0.717, 1.165) is 0 Å². The fraction of sp³-hybridized carbons (Fsp3) is 0.750. The van der Waals surface area contributed by atoms with Crippen LogP contribution in [0.15, 0.2) is 4.52 Å². The molecule has 0 saturated heterocycles. The molecule has 0 saturated carbocycles. The molecule has 0 amide bonds. The lowest BCUT2D eigenvalue weighted by atomic mass is 9.97. The number of rotatable bonds is 5. The van der Waals surface area contributed by atoms with Crippen molar-refractivity contribution in [2.75, 3.05) is 0 Å². The highest BCUT2D eigenvalue weighted by atomic mass is 16.5. The Labute approximate surface area is 107 Å². The average Bonchev–Trinajstić information content (AvgIpc) is 2.64. The molecule has 2 N–H and O–H groups in total. The summed E-state index contributed by atoms with van der Waals surface area (Å²) in [5.41, 5.74) is -0.199. The van der Waals surface area contributed by atoms with Gasteiger partial charge in [0.1, 0.15) is 6.04 Å². The number of aliphatic carboxylic acids is 1.